The van der Waals surface area contributed by atoms with Gasteiger partial charge in [0.2, 0.25) is 0 Å². The van der Waals surface area contributed by atoms with E-state index in [1.54, 1.807) is 0 Å². The molecular formula is C16H13BrO2. The smallest absolute Gasteiger partial charge is 0.314 e. The highest BCUT2D eigenvalue weighted by molar-refractivity contribution is 9.10. The zero-order valence-corrected chi connectivity index (χ0v) is 11.8. The molecule has 0 spiro atoms. The lowest BCUT2D eigenvalue weighted by Crippen LogP contribution is -2.04. The van der Waals surface area contributed by atoms with Crippen LogP contribution in [-0.2, 0) is 9.53 Å². The van der Waals surface area contributed by atoms with Crippen molar-refractivity contribution in [3.63, 3.8) is 0 Å². The van der Waals surface area contributed by atoms with Crippen molar-refractivity contribution in [2.24, 2.45) is 0 Å². The van der Waals surface area contributed by atoms with Crippen LogP contribution in [0.4, 0.5) is 0 Å². The first-order valence-electron chi connectivity index (χ1n) is 6.25. The van der Waals surface area contributed by atoms with E-state index in [0.29, 0.717) is 6.42 Å². The third-order valence-electron chi connectivity index (χ3n) is 3.44. The third-order valence-corrected chi connectivity index (χ3v) is 3.97. The minimum Gasteiger partial charge on any atom is -0.457 e. The van der Waals surface area contributed by atoms with E-state index in [2.05, 4.69) is 15.9 Å². The first-order chi connectivity index (χ1) is 9.24. The number of cyclic esters (lactones) is 1. The van der Waals surface area contributed by atoms with Crippen LogP contribution in [0.25, 0.3) is 0 Å². The van der Waals surface area contributed by atoms with Crippen LogP contribution in [0.5, 0.6) is 0 Å². The van der Waals surface area contributed by atoms with E-state index in [9.17, 15) is 4.79 Å². The molecule has 1 aliphatic rings. The zero-order chi connectivity index (χ0) is 13.2. The Kier molecular flexibility index (Phi) is 3.38. The van der Waals surface area contributed by atoms with E-state index in [-0.39, 0.29) is 18.0 Å². The third kappa shape index (κ3) is 2.56. The highest BCUT2D eigenvalue weighted by Gasteiger charge is 2.36. The molecule has 0 N–H and O–H groups in total. The van der Waals surface area contributed by atoms with Gasteiger partial charge in [-0.1, -0.05) is 58.4 Å². The molecule has 1 aliphatic heterocycles. The average molecular weight is 317 g/mol. The molecule has 0 unspecified atom stereocenters. The van der Waals surface area contributed by atoms with E-state index >= 15 is 0 Å². The van der Waals surface area contributed by atoms with Gasteiger partial charge >= 0.3 is 5.97 Å². The van der Waals surface area contributed by atoms with E-state index in [0.717, 1.165) is 15.6 Å². The number of hydrogen-bond acceptors (Lipinski definition) is 2. The second-order valence-corrected chi connectivity index (χ2v) is 5.59. The fraction of sp³-hybridized carbons (Fsp3) is 0.188. The minimum absolute atomic E-state index is 0.126. The maximum atomic E-state index is 12.0. The van der Waals surface area contributed by atoms with Crippen LogP contribution in [-0.4, -0.2) is 5.97 Å². The van der Waals surface area contributed by atoms with Gasteiger partial charge in [-0.25, -0.2) is 0 Å². The van der Waals surface area contributed by atoms with E-state index < -0.39 is 0 Å². The van der Waals surface area contributed by atoms with Gasteiger partial charge in [-0.05, 0) is 23.3 Å². The number of benzene rings is 2. The minimum atomic E-state index is -0.144. The Bertz CT molecular complexity index is 577. The summed E-state index contributed by atoms with van der Waals surface area (Å²) in [7, 11) is 0. The summed E-state index contributed by atoms with van der Waals surface area (Å²) < 4.78 is 6.53. The molecule has 0 bridgehead atoms. The molecule has 0 saturated carbocycles. The summed E-state index contributed by atoms with van der Waals surface area (Å²) in [6, 6.07) is 17.8. The van der Waals surface area contributed by atoms with Gasteiger partial charge in [-0.2, -0.15) is 0 Å². The van der Waals surface area contributed by atoms with Crippen LogP contribution in [0.2, 0.25) is 0 Å². The number of carbonyl (C=O) groups excluding carboxylic acids is 1. The Balaban J connectivity index is 1.82. The molecule has 1 fully saturated rings. The lowest BCUT2D eigenvalue weighted by Gasteiger charge is -2.09. The molecule has 2 nitrogen and oxygen atoms in total. The molecule has 0 aliphatic carbocycles. The van der Waals surface area contributed by atoms with E-state index in [1.165, 1.54) is 0 Å². The highest BCUT2D eigenvalue weighted by Crippen LogP contribution is 2.39. The van der Waals surface area contributed by atoms with Crippen molar-refractivity contribution in [3.8, 4) is 0 Å². The fourth-order valence-electron chi connectivity index (χ4n) is 2.42. The topological polar surface area (TPSA) is 26.3 Å². The van der Waals surface area contributed by atoms with Gasteiger partial charge in [0, 0.05) is 10.9 Å². The predicted octanol–water partition coefficient (Wildman–Crippen LogP) is 4.22. The van der Waals surface area contributed by atoms with Crippen molar-refractivity contribution in [2.45, 2.75) is 18.4 Å². The van der Waals surface area contributed by atoms with Crippen molar-refractivity contribution < 1.29 is 9.53 Å². The second kappa shape index (κ2) is 5.17. The molecular weight excluding hydrogens is 304 g/mol. The van der Waals surface area contributed by atoms with Crippen molar-refractivity contribution in [1.82, 2.24) is 0 Å². The van der Waals surface area contributed by atoms with Crippen molar-refractivity contribution in [2.75, 3.05) is 0 Å². The molecule has 19 heavy (non-hydrogen) atoms. The summed E-state index contributed by atoms with van der Waals surface area (Å²) in [5.74, 6) is -0.269. The number of carbonyl (C=O) groups is 1. The summed E-state index contributed by atoms with van der Waals surface area (Å²) >= 11 is 3.41. The standard InChI is InChI=1S/C16H13BrO2/c17-13-8-6-12(7-9-13)15-10-14(16(18)19-15)11-4-2-1-3-5-11/h1-9,14-15H,10H2/t14-,15+/m1/s1. The maximum absolute atomic E-state index is 12.0. The fourth-order valence-corrected chi connectivity index (χ4v) is 2.68. The Morgan fingerprint density at radius 3 is 2.32 bits per heavy atom. The van der Waals surface area contributed by atoms with Gasteiger partial charge in [0.1, 0.15) is 6.10 Å². The number of rotatable bonds is 2. The average Bonchev–Trinajstić information content (AvgIpc) is 2.83. The van der Waals surface area contributed by atoms with Crippen molar-refractivity contribution in [3.05, 3.63) is 70.2 Å². The molecule has 1 saturated heterocycles. The van der Waals surface area contributed by atoms with Crippen molar-refractivity contribution in [1.29, 1.82) is 0 Å². The monoisotopic (exact) mass is 316 g/mol. The summed E-state index contributed by atoms with van der Waals surface area (Å²) in [5, 5.41) is 0. The van der Waals surface area contributed by atoms with Gasteiger partial charge in [0.15, 0.2) is 0 Å². The SMILES string of the molecule is O=C1O[C@H](c2ccc(Br)cc2)C[C@@H]1c1ccccc1. The van der Waals surface area contributed by atoms with Gasteiger partial charge in [0.25, 0.3) is 0 Å². The van der Waals surface area contributed by atoms with Crippen LogP contribution >= 0.6 is 15.9 Å². The molecule has 0 amide bonds. The zero-order valence-electron chi connectivity index (χ0n) is 10.3. The lowest BCUT2D eigenvalue weighted by molar-refractivity contribution is -0.142. The summed E-state index contributed by atoms with van der Waals surface area (Å²) in [5.41, 5.74) is 2.09. The van der Waals surface area contributed by atoms with E-state index in [1.807, 2.05) is 54.6 Å². The van der Waals surface area contributed by atoms with Crippen molar-refractivity contribution >= 4 is 21.9 Å². The molecule has 2 aromatic carbocycles. The number of ether oxygens (including phenoxy) is 1. The quantitative estimate of drug-likeness (QED) is 0.775. The molecule has 2 atom stereocenters. The summed E-state index contributed by atoms with van der Waals surface area (Å²) in [4.78, 5) is 12.0. The molecule has 96 valence electrons. The first kappa shape index (κ1) is 12.4. The normalized spacial score (nSPS) is 22.3. The molecule has 2 aromatic rings. The van der Waals surface area contributed by atoms with Crippen LogP contribution in [0, 0.1) is 0 Å². The Hall–Kier alpha value is -1.61. The number of halogens is 1. The molecule has 1 heterocycles. The predicted molar refractivity (Wildman–Crippen MR) is 76.8 cm³/mol. The highest BCUT2D eigenvalue weighted by atomic mass is 79.9. The molecule has 0 aromatic heterocycles. The van der Waals surface area contributed by atoms with Gasteiger partial charge < -0.3 is 4.74 Å². The first-order valence-corrected chi connectivity index (χ1v) is 7.04. The molecule has 3 rings (SSSR count). The Labute approximate surface area is 120 Å². The van der Waals surface area contributed by atoms with Crippen LogP contribution in [0.1, 0.15) is 29.6 Å². The maximum Gasteiger partial charge on any atom is 0.314 e. The number of hydrogen-bond donors (Lipinski definition) is 0. The van der Waals surface area contributed by atoms with Crippen LogP contribution in [0.15, 0.2) is 59.1 Å². The van der Waals surface area contributed by atoms with Crippen LogP contribution in [0.3, 0.4) is 0 Å². The summed E-state index contributed by atoms with van der Waals surface area (Å²) in [6.45, 7) is 0. The summed E-state index contributed by atoms with van der Waals surface area (Å²) in [6.07, 6.45) is 0.579. The molecule has 3 heteroatoms. The Morgan fingerprint density at radius 1 is 0.947 bits per heavy atom. The Morgan fingerprint density at radius 2 is 1.63 bits per heavy atom. The van der Waals surface area contributed by atoms with Gasteiger partial charge in [-0.15, -0.1) is 0 Å². The van der Waals surface area contributed by atoms with Gasteiger partial charge in [-0.3, -0.25) is 4.79 Å². The lowest BCUT2D eigenvalue weighted by atomic mass is 9.94. The van der Waals surface area contributed by atoms with Crippen LogP contribution < -0.4 is 0 Å². The largest absolute Gasteiger partial charge is 0.457 e. The molecule has 0 radical (unpaired) electrons. The van der Waals surface area contributed by atoms with Gasteiger partial charge in [0.05, 0.1) is 5.92 Å². The number of esters is 1. The van der Waals surface area contributed by atoms with E-state index in [4.69, 9.17) is 4.74 Å². The second-order valence-electron chi connectivity index (χ2n) is 4.68.